The third-order valence-corrected chi connectivity index (χ3v) is 4.34. The van der Waals surface area contributed by atoms with Gasteiger partial charge >= 0.3 is 0 Å². The number of benzene rings is 3. The molecule has 2 nitrogen and oxygen atoms in total. The zero-order valence-electron chi connectivity index (χ0n) is 13.9. The van der Waals surface area contributed by atoms with Gasteiger partial charge < -0.3 is 10.2 Å². The van der Waals surface area contributed by atoms with Crippen molar-refractivity contribution in [2.45, 2.75) is 20.4 Å². The van der Waals surface area contributed by atoms with E-state index in [-0.39, 0.29) is 0 Å². The van der Waals surface area contributed by atoms with Crippen molar-refractivity contribution in [3.05, 3.63) is 72.3 Å². The monoisotopic (exact) mass is 304 g/mol. The molecular formula is C21H24N2. The van der Waals surface area contributed by atoms with E-state index in [9.17, 15) is 0 Å². The van der Waals surface area contributed by atoms with Gasteiger partial charge in [-0.2, -0.15) is 0 Å². The van der Waals surface area contributed by atoms with E-state index in [1.165, 1.54) is 27.7 Å². The zero-order chi connectivity index (χ0) is 16.1. The van der Waals surface area contributed by atoms with Gasteiger partial charge in [-0.05, 0) is 43.0 Å². The van der Waals surface area contributed by atoms with Gasteiger partial charge in [-0.3, -0.25) is 0 Å². The van der Waals surface area contributed by atoms with Crippen molar-refractivity contribution in [1.82, 2.24) is 0 Å². The molecule has 0 amide bonds. The van der Waals surface area contributed by atoms with E-state index in [4.69, 9.17) is 0 Å². The molecule has 0 spiro atoms. The predicted molar refractivity (Wildman–Crippen MR) is 101 cm³/mol. The van der Waals surface area contributed by atoms with Crippen molar-refractivity contribution in [2.75, 3.05) is 23.3 Å². The summed E-state index contributed by atoms with van der Waals surface area (Å²) in [5, 5.41) is 6.11. The van der Waals surface area contributed by atoms with E-state index in [0.717, 1.165) is 19.6 Å². The maximum Gasteiger partial charge on any atom is 0.0422 e. The summed E-state index contributed by atoms with van der Waals surface area (Å²) >= 11 is 0. The van der Waals surface area contributed by atoms with Gasteiger partial charge in [0.1, 0.15) is 0 Å². The SMILES string of the molecule is CCN(CC)c1ccc(CNc2cccc3ccccc23)cc1. The molecule has 0 saturated carbocycles. The number of fused-ring (bicyclic) bond motifs is 1. The molecule has 23 heavy (non-hydrogen) atoms. The van der Waals surface area contributed by atoms with Gasteiger partial charge in [-0.15, -0.1) is 0 Å². The zero-order valence-corrected chi connectivity index (χ0v) is 13.9. The maximum atomic E-state index is 3.57. The van der Waals surface area contributed by atoms with Gasteiger partial charge in [-0.1, -0.05) is 48.5 Å². The molecule has 3 aromatic carbocycles. The van der Waals surface area contributed by atoms with Crippen LogP contribution in [0.15, 0.2) is 66.7 Å². The van der Waals surface area contributed by atoms with E-state index < -0.39 is 0 Å². The van der Waals surface area contributed by atoms with Crippen molar-refractivity contribution in [3.63, 3.8) is 0 Å². The molecule has 0 fully saturated rings. The molecule has 0 saturated heterocycles. The Hall–Kier alpha value is -2.48. The summed E-state index contributed by atoms with van der Waals surface area (Å²) in [5.41, 5.74) is 3.79. The number of hydrogen-bond acceptors (Lipinski definition) is 2. The molecule has 0 bridgehead atoms. The molecule has 0 aliphatic rings. The van der Waals surface area contributed by atoms with Crippen LogP contribution in [0.5, 0.6) is 0 Å². The first-order chi connectivity index (χ1) is 11.3. The van der Waals surface area contributed by atoms with Crippen LogP contribution in [-0.4, -0.2) is 13.1 Å². The Kier molecular flexibility index (Phi) is 4.82. The average Bonchev–Trinajstić information content (AvgIpc) is 2.62. The maximum absolute atomic E-state index is 3.57. The molecule has 3 aromatic rings. The Balaban J connectivity index is 1.72. The Morgan fingerprint density at radius 2 is 1.48 bits per heavy atom. The van der Waals surface area contributed by atoms with Crippen molar-refractivity contribution in [2.24, 2.45) is 0 Å². The molecule has 1 N–H and O–H groups in total. The molecule has 2 heteroatoms. The highest BCUT2D eigenvalue weighted by atomic mass is 15.1. The van der Waals surface area contributed by atoms with E-state index >= 15 is 0 Å². The van der Waals surface area contributed by atoms with Crippen molar-refractivity contribution >= 4 is 22.1 Å². The first-order valence-electron chi connectivity index (χ1n) is 8.37. The molecule has 0 aromatic heterocycles. The molecule has 0 unspecified atom stereocenters. The van der Waals surface area contributed by atoms with Crippen LogP contribution in [0.4, 0.5) is 11.4 Å². The number of rotatable bonds is 6. The highest BCUT2D eigenvalue weighted by molar-refractivity contribution is 5.93. The molecule has 0 aliphatic heterocycles. The highest BCUT2D eigenvalue weighted by Gasteiger charge is 2.03. The van der Waals surface area contributed by atoms with E-state index in [1.807, 2.05) is 0 Å². The van der Waals surface area contributed by atoms with E-state index in [0.29, 0.717) is 0 Å². The minimum atomic E-state index is 0.840. The highest BCUT2D eigenvalue weighted by Crippen LogP contribution is 2.23. The number of hydrogen-bond donors (Lipinski definition) is 1. The normalized spacial score (nSPS) is 10.7. The quantitative estimate of drug-likeness (QED) is 0.665. The third kappa shape index (κ3) is 3.48. The Labute approximate surface area is 138 Å². The molecule has 0 heterocycles. The molecule has 0 atom stereocenters. The van der Waals surface area contributed by atoms with Crippen molar-refractivity contribution < 1.29 is 0 Å². The number of nitrogens with zero attached hydrogens (tertiary/aromatic N) is 1. The lowest BCUT2D eigenvalue weighted by molar-refractivity contribution is 0.865. The van der Waals surface area contributed by atoms with Crippen LogP contribution in [0.3, 0.4) is 0 Å². The van der Waals surface area contributed by atoms with Crippen LogP contribution in [0.2, 0.25) is 0 Å². The fourth-order valence-corrected chi connectivity index (χ4v) is 2.99. The Morgan fingerprint density at radius 3 is 2.22 bits per heavy atom. The second-order valence-corrected chi connectivity index (χ2v) is 5.72. The number of nitrogens with one attached hydrogen (secondary N) is 1. The van der Waals surface area contributed by atoms with Gasteiger partial charge in [0.05, 0.1) is 0 Å². The molecule has 118 valence electrons. The van der Waals surface area contributed by atoms with Gasteiger partial charge in [0, 0.05) is 36.4 Å². The molecular weight excluding hydrogens is 280 g/mol. The Bertz CT molecular complexity index is 753. The standard InChI is InChI=1S/C21H24N2/c1-3-23(4-2)19-14-12-17(13-15-19)16-22-21-11-7-9-18-8-5-6-10-20(18)21/h5-15,22H,3-4,16H2,1-2H3. The van der Waals surface area contributed by atoms with Gasteiger partial charge in [-0.25, -0.2) is 0 Å². The van der Waals surface area contributed by atoms with Crippen LogP contribution in [0, 0.1) is 0 Å². The lowest BCUT2D eigenvalue weighted by Crippen LogP contribution is -2.21. The minimum absolute atomic E-state index is 0.840. The molecule has 0 aliphatic carbocycles. The minimum Gasteiger partial charge on any atom is -0.380 e. The summed E-state index contributed by atoms with van der Waals surface area (Å²) < 4.78 is 0. The second-order valence-electron chi connectivity index (χ2n) is 5.72. The summed E-state index contributed by atoms with van der Waals surface area (Å²) in [4.78, 5) is 2.36. The van der Waals surface area contributed by atoms with E-state index in [1.54, 1.807) is 0 Å². The smallest absolute Gasteiger partial charge is 0.0422 e. The van der Waals surface area contributed by atoms with Gasteiger partial charge in [0.2, 0.25) is 0 Å². The largest absolute Gasteiger partial charge is 0.380 e. The summed E-state index contributed by atoms with van der Waals surface area (Å²) in [5.74, 6) is 0. The summed E-state index contributed by atoms with van der Waals surface area (Å²) in [6.45, 7) is 7.32. The van der Waals surface area contributed by atoms with Gasteiger partial charge in [0.25, 0.3) is 0 Å². The second kappa shape index (κ2) is 7.19. The Morgan fingerprint density at radius 1 is 0.783 bits per heavy atom. The summed E-state index contributed by atoms with van der Waals surface area (Å²) in [6, 6.07) is 23.8. The first kappa shape index (κ1) is 15.4. The summed E-state index contributed by atoms with van der Waals surface area (Å²) in [7, 11) is 0. The average molecular weight is 304 g/mol. The first-order valence-corrected chi connectivity index (χ1v) is 8.37. The third-order valence-electron chi connectivity index (χ3n) is 4.34. The van der Waals surface area contributed by atoms with Crippen LogP contribution in [0.25, 0.3) is 10.8 Å². The summed E-state index contributed by atoms with van der Waals surface area (Å²) in [6.07, 6.45) is 0. The van der Waals surface area contributed by atoms with Crippen LogP contribution in [0.1, 0.15) is 19.4 Å². The van der Waals surface area contributed by atoms with E-state index in [2.05, 4.69) is 90.8 Å². The molecule has 3 rings (SSSR count). The molecule has 0 radical (unpaired) electrons. The lowest BCUT2D eigenvalue weighted by atomic mass is 10.1. The van der Waals surface area contributed by atoms with Crippen LogP contribution in [-0.2, 0) is 6.54 Å². The van der Waals surface area contributed by atoms with Crippen LogP contribution >= 0.6 is 0 Å². The van der Waals surface area contributed by atoms with Crippen molar-refractivity contribution in [1.29, 1.82) is 0 Å². The van der Waals surface area contributed by atoms with Gasteiger partial charge in [0.15, 0.2) is 0 Å². The predicted octanol–water partition coefficient (Wildman–Crippen LogP) is 5.30. The topological polar surface area (TPSA) is 15.3 Å². The van der Waals surface area contributed by atoms with Crippen LogP contribution < -0.4 is 10.2 Å². The lowest BCUT2D eigenvalue weighted by Gasteiger charge is -2.21. The number of anilines is 2. The van der Waals surface area contributed by atoms with Crippen molar-refractivity contribution in [3.8, 4) is 0 Å². The fourth-order valence-electron chi connectivity index (χ4n) is 2.99. The fraction of sp³-hybridized carbons (Fsp3) is 0.238.